The predicted molar refractivity (Wildman–Crippen MR) is 107 cm³/mol. The van der Waals surface area contributed by atoms with Crippen LogP contribution in [-0.2, 0) is 0 Å². The molecule has 1 amide bonds. The molecule has 4 nitrogen and oxygen atoms in total. The van der Waals surface area contributed by atoms with E-state index in [-0.39, 0.29) is 5.91 Å². The van der Waals surface area contributed by atoms with Crippen LogP contribution in [0.5, 0.6) is 0 Å². The van der Waals surface area contributed by atoms with Crippen LogP contribution < -0.4 is 10.6 Å². The fraction of sp³-hybridized carbons (Fsp3) is 0.300. The van der Waals surface area contributed by atoms with E-state index in [1.54, 1.807) is 0 Å². The highest BCUT2D eigenvalue weighted by molar-refractivity contribution is 7.80. The Morgan fingerprint density at radius 1 is 0.920 bits per heavy atom. The van der Waals surface area contributed by atoms with Crippen molar-refractivity contribution >= 4 is 34.6 Å². The average Bonchev–Trinajstić information content (AvgIpc) is 3.08. The van der Waals surface area contributed by atoms with E-state index < -0.39 is 0 Å². The molecule has 1 aliphatic heterocycles. The first-order valence-corrected chi connectivity index (χ1v) is 8.98. The Balaban J connectivity index is 1.60. The maximum atomic E-state index is 12.4. The highest BCUT2D eigenvalue weighted by Gasteiger charge is 2.19. The summed E-state index contributed by atoms with van der Waals surface area (Å²) in [6.07, 6.45) is 2.20. The quantitative estimate of drug-likeness (QED) is 0.805. The van der Waals surface area contributed by atoms with Gasteiger partial charge in [-0.15, -0.1) is 0 Å². The number of thiocarbonyl (C=S) groups is 1. The molecule has 5 heteroatoms. The zero-order valence-electron chi connectivity index (χ0n) is 14.6. The number of carbonyl (C=O) groups is 1. The van der Waals surface area contributed by atoms with Gasteiger partial charge in [0.1, 0.15) is 0 Å². The Labute approximate surface area is 154 Å². The Morgan fingerprint density at radius 3 is 2.08 bits per heavy atom. The molecule has 0 spiro atoms. The van der Waals surface area contributed by atoms with Crippen molar-refractivity contribution in [3.05, 3.63) is 59.2 Å². The molecule has 0 bridgehead atoms. The van der Waals surface area contributed by atoms with Crippen molar-refractivity contribution in [3.8, 4) is 0 Å². The number of aryl methyl sites for hydroxylation is 2. The summed E-state index contributed by atoms with van der Waals surface area (Å²) < 4.78 is 0. The minimum Gasteiger partial charge on any atom is -0.339 e. The lowest BCUT2D eigenvalue weighted by Gasteiger charge is -2.16. The van der Waals surface area contributed by atoms with Gasteiger partial charge in [-0.05, 0) is 86.4 Å². The second-order valence-electron chi connectivity index (χ2n) is 6.53. The molecular weight excluding hydrogens is 330 g/mol. The van der Waals surface area contributed by atoms with E-state index in [2.05, 4.69) is 42.7 Å². The summed E-state index contributed by atoms with van der Waals surface area (Å²) in [6, 6.07) is 13.7. The third kappa shape index (κ3) is 4.57. The first-order valence-electron chi connectivity index (χ1n) is 8.57. The van der Waals surface area contributed by atoms with Gasteiger partial charge in [0.15, 0.2) is 5.11 Å². The Bertz CT molecular complexity index is 760. The lowest BCUT2D eigenvalue weighted by Crippen LogP contribution is -2.27. The summed E-state index contributed by atoms with van der Waals surface area (Å²) in [7, 11) is 0. The van der Waals surface area contributed by atoms with Crippen molar-refractivity contribution < 1.29 is 4.79 Å². The molecule has 0 saturated carbocycles. The Morgan fingerprint density at radius 2 is 1.48 bits per heavy atom. The summed E-state index contributed by atoms with van der Waals surface area (Å²) in [5.41, 5.74) is 4.93. The van der Waals surface area contributed by atoms with Gasteiger partial charge in [0.25, 0.3) is 5.91 Å². The average molecular weight is 353 g/mol. The molecule has 2 aromatic carbocycles. The minimum atomic E-state index is 0.111. The molecule has 1 saturated heterocycles. The number of amides is 1. The van der Waals surface area contributed by atoms with Crippen molar-refractivity contribution in [1.29, 1.82) is 0 Å². The van der Waals surface area contributed by atoms with Crippen molar-refractivity contribution in [2.45, 2.75) is 26.7 Å². The van der Waals surface area contributed by atoms with E-state index >= 15 is 0 Å². The molecule has 0 radical (unpaired) electrons. The number of carbonyl (C=O) groups excluding carboxylic acids is 1. The largest absolute Gasteiger partial charge is 0.339 e. The number of nitrogens with one attached hydrogen (secondary N) is 2. The second-order valence-corrected chi connectivity index (χ2v) is 6.94. The van der Waals surface area contributed by atoms with Crippen LogP contribution in [0.1, 0.15) is 34.3 Å². The van der Waals surface area contributed by atoms with Crippen LogP contribution in [0.15, 0.2) is 42.5 Å². The SMILES string of the molecule is Cc1cc(C)cc(NC(=S)Nc2ccc(C(=O)N3CCCC3)cc2)c1. The number of hydrogen-bond acceptors (Lipinski definition) is 2. The minimum absolute atomic E-state index is 0.111. The number of likely N-dealkylation sites (tertiary alicyclic amines) is 1. The molecule has 1 heterocycles. The van der Waals surface area contributed by atoms with Gasteiger partial charge < -0.3 is 15.5 Å². The summed E-state index contributed by atoms with van der Waals surface area (Å²) in [5, 5.41) is 6.89. The zero-order valence-corrected chi connectivity index (χ0v) is 15.5. The highest BCUT2D eigenvalue weighted by atomic mass is 32.1. The topological polar surface area (TPSA) is 44.4 Å². The van der Waals surface area contributed by atoms with Gasteiger partial charge in [-0.1, -0.05) is 6.07 Å². The third-order valence-corrected chi connectivity index (χ3v) is 4.47. The van der Waals surface area contributed by atoms with Gasteiger partial charge in [-0.25, -0.2) is 0 Å². The van der Waals surface area contributed by atoms with Crippen molar-refractivity contribution in [2.24, 2.45) is 0 Å². The van der Waals surface area contributed by atoms with Crippen molar-refractivity contribution in [3.63, 3.8) is 0 Å². The Hall–Kier alpha value is -2.40. The molecule has 0 atom stereocenters. The lowest BCUT2D eigenvalue weighted by atomic mass is 10.1. The number of nitrogens with zero attached hydrogens (tertiary/aromatic N) is 1. The summed E-state index contributed by atoms with van der Waals surface area (Å²) in [5.74, 6) is 0.111. The number of benzene rings is 2. The van der Waals surface area contributed by atoms with Crippen molar-refractivity contribution in [2.75, 3.05) is 23.7 Å². The van der Waals surface area contributed by atoms with Gasteiger partial charge >= 0.3 is 0 Å². The molecule has 0 aliphatic carbocycles. The van der Waals surface area contributed by atoms with E-state index in [1.165, 1.54) is 11.1 Å². The molecule has 0 unspecified atom stereocenters. The molecule has 2 N–H and O–H groups in total. The summed E-state index contributed by atoms with van der Waals surface area (Å²) in [4.78, 5) is 14.3. The summed E-state index contributed by atoms with van der Waals surface area (Å²) >= 11 is 5.38. The smallest absolute Gasteiger partial charge is 0.253 e. The van der Waals surface area contributed by atoms with Crippen LogP contribution in [0.25, 0.3) is 0 Å². The first kappa shape index (κ1) is 17.4. The van der Waals surface area contributed by atoms with Gasteiger partial charge in [0, 0.05) is 30.0 Å². The fourth-order valence-corrected chi connectivity index (χ4v) is 3.37. The van der Waals surface area contributed by atoms with Gasteiger partial charge in [-0.3, -0.25) is 4.79 Å². The molecule has 2 aromatic rings. The van der Waals surface area contributed by atoms with Gasteiger partial charge in [-0.2, -0.15) is 0 Å². The van der Waals surface area contributed by atoms with Gasteiger partial charge in [0.2, 0.25) is 0 Å². The van der Waals surface area contributed by atoms with E-state index in [0.29, 0.717) is 5.11 Å². The molecule has 25 heavy (non-hydrogen) atoms. The number of hydrogen-bond donors (Lipinski definition) is 2. The molecule has 1 aliphatic rings. The normalized spacial score (nSPS) is 13.6. The number of anilines is 2. The first-order chi connectivity index (χ1) is 12.0. The summed E-state index contributed by atoms with van der Waals surface area (Å²) in [6.45, 7) is 5.85. The lowest BCUT2D eigenvalue weighted by molar-refractivity contribution is 0.0793. The van der Waals surface area contributed by atoms with Crippen LogP contribution >= 0.6 is 12.2 Å². The molecular formula is C20H23N3OS. The van der Waals surface area contributed by atoms with Crippen molar-refractivity contribution in [1.82, 2.24) is 4.90 Å². The third-order valence-electron chi connectivity index (χ3n) is 4.26. The van der Waals surface area contributed by atoms with Crippen LogP contribution in [0.4, 0.5) is 11.4 Å². The standard InChI is InChI=1S/C20H23N3OS/c1-14-11-15(2)13-18(12-14)22-20(25)21-17-7-5-16(6-8-17)19(24)23-9-3-4-10-23/h5-8,11-13H,3-4,9-10H2,1-2H3,(H2,21,22,25). The maximum Gasteiger partial charge on any atom is 0.253 e. The maximum absolute atomic E-state index is 12.4. The molecule has 130 valence electrons. The van der Waals surface area contributed by atoms with Crippen LogP contribution in [-0.4, -0.2) is 29.0 Å². The van der Waals surface area contributed by atoms with Crippen LogP contribution in [0.3, 0.4) is 0 Å². The molecule has 3 rings (SSSR count). The highest BCUT2D eigenvalue weighted by Crippen LogP contribution is 2.17. The molecule has 0 aromatic heterocycles. The predicted octanol–water partition coefficient (Wildman–Crippen LogP) is 4.35. The van der Waals surface area contributed by atoms with Crippen LogP contribution in [0.2, 0.25) is 0 Å². The second kappa shape index (κ2) is 7.66. The fourth-order valence-electron chi connectivity index (χ4n) is 3.14. The van der Waals surface area contributed by atoms with Gasteiger partial charge in [0.05, 0.1) is 0 Å². The van der Waals surface area contributed by atoms with E-state index in [4.69, 9.17) is 12.2 Å². The number of rotatable bonds is 3. The monoisotopic (exact) mass is 353 g/mol. The zero-order chi connectivity index (χ0) is 17.8. The van der Waals surface area contributed by atoms with E-state index in [0.717, 1.165) is 42.9 Å². The van der Waals surface area contributed by atoms with E-state index in [9.17, 15) is 4.79 Å². The molecule has 1 fully saturated rings. The van der Waals surface area contributed by atoms with E-state index in [1.807, 2.05) is 29.2 Å². The Kier molecular flexibility index (Phi) is 5.34. The van der Waals surface area contributed by atoms with Crippen LogP contribution in [0, 0.1) is 13.8 Å².